The first-order valence-corrected chi connectivity index (χ1v) is 7.59. The van der Waals surface area contributed by atoms with Crippen LogP contribution in [0.1, 0.15) is 35.2 Å². The Labute approximate surface area is 133 Å². The van der Waals surface area contributed by atoms with Gasteiger partial charge in [-0.3, -0.25) is 9.69 Å². The molecule has 22 heavy (non-hydrogen) atoms. The number of aromatic nitrogens is 3. The number of hydrogen-bond acceptors (Lipinski definition) is 5. The highest BCUT2D eigenvalue weighted by Crippen LogP contribution is 2.21. The molecular formula is C14H18ClN5O2. The Hall–Kier alpha value is -1.86. The van der Waals surface area contributed by atoms with Crippen LogP contribution >= 0.6 is 11.6 Å². The number of carbonyl (C=O) groups excluding carboxylic acids is 1. The molecule has 0 aliphatic carbocycles. The topological polar surface area (TPSA) is 78.3 Å². The normalized spacial score (nSPS) is 17.7. The number of rotatable bonds is 3. The molecule has 1 atom stereocenters. The first-order chi connectivity index (χ1) is 10.5. The van der Waals surface area contributed by atoms with Crippen LogP contribution in [0.4, 0.5) is 0 Å². The Morgan fingerprint density at radius 3 is 2.64 bits per heavy atom. The lowest BCUT2D eigenvalue weighted by atomic mass is 10.2. The van der Waals surface area contributed by atoms with Crippen molar-refractivity contribution in [1.29, 1.82) is 0 Å². The van der Waals surface area contributed by atoms with Gasteiger partial charge in [-0.1, -0.05) is 11.6 Å². The second-order valence-electron chi connectivity index (χ2n) is 5.40. The number of aryl methyl sites for hydroxylation is 1. The average molecular weight is 324 g/mol. The smallest absolute Gasteiger partial charge is 0.270 e. The highest BCUT2D eigenvalue weighted by atomic mass is 35.5. The zero-order chi connectivity index (χ0) is 15.7. The summed E-state index contributed by atoms with van der Waals surface area (Å²) in [5, 5.41) is 8.47. The molecule has 3 heterocycles. The fraction of sp³-hybridized carbons (Fsp3) is 0.500. The molecule has 0 radical (unpaired) electrons. The summed E-state index contributed by atoms with van der Waals surface area (Å²) < 4.78 is 5.48. The maximum Gasteiger partial charge on any atom is 0.270 e. The zero-order valence-corrected chi connectivity index (χ0v) is 13.3. The van der Waals surface area contributed by atoms with Crippen molar-refractivity contribution in [2.45, 2.75) is 19.9 Å². The first-order valence-electron chi connectivity index (χ1n) is 7.22. The van der Waals surface area contributed by atoms with Crippen molar-refractivity contribution in [3.8, 4) is 0 Å². The molecule has 7 nitrogen and oxygen atoms in total. The molecule has 1 amide bonds. The minimum Gasteiger partial charge on any atom is -0.424 e. The van der Waals surface area contributed by atoms with Crippen LogP contribution in [0, 0.1) is 6.92 Å². The van der Waals surface area contributed by atoms with Gasteiger partial charge in [-0.05, 0) is 13.0 Å². The average Bonchev–Trinajstić information content (AvgIpc) is 3.14. The number of carbonyl (C=O) groups is 1. The summed E-state index contributed by atoms with van der Waals surface area (Å²) in [5.74, 6) is 1.17. The zero-order valence-electron chi connectivity index (χ0n) is 12.5. The van der Waals surface area contributed by atoms with Crippen LogP contribution in [0.5, 0.6) is 0 Å². The van der Waals surface area contributed by atoms with E-state index < -0.39 is 0 Å². The van der Waals surface area contributed by atoms with E-state index in [-0.39, 0.29) is 11.9 Å². The van der Waals surface area contributed by atoms with Gasteiger partial charge < -0.3 is 14.3 Å². The Kier molecular flexibility index (Phi) is 4.17. The van der Waals surface area contributed by atoms with E-state index in [4.69, 9.17) is 16.0 Å². The third-order valence-electron chi connectivity index (χ3n) is 3.93. The van der Waals surface area contributed by atoms with Gasteiger partial charge >= 0.3 is 0 Å². The standard InChI is InChI=1S/C14H18ClN5O2/c1-9(13-18-17-10(2)22-13)19-3-5-20(6-4-19)14(21)12-7-11(15)8-16-12/h7-9,16H,3-6H2,1-2H3. The van der Waals surface area contributed by atoms with Gasteiger partial charge in [-0.25, -0.2) is 0 Å². The van der Waals surface area contributed by atoms with E-state index in [1.807, 2.05) is 11.8 Å². The third kappa shape index (κ3) is 3.00. The molecule has 0 bridgehead atoms. The molecule has 0 spiro atoms. The molecule has 0 saturated carbocycles. The fourth-order valence-electron chi connectivity index (χ4n) is 2.61. The van der Waals surface area contributed by atoms with Gasteiger partial charge in [0.15, 0.2) is 0 Å². The minimum absolute atomic E-state index is 0.0205. The number of nitrogens with one attached hydrogen (secondary N) is 1. The van der Waals surface area contributed by atoms with E-state index in [1.54, 1.807) is 19.2 Å². The molecule has 1 fully saturated rings. The Bertz CT molecular complexity index is 660. The summed E-state index contributed by atoms with van der Waals surface area (Å²) in [6.45, 7) is 6.67. The third-order valence-corrected chi connectivity index (χ3v) is 4.14. The van der Waals surface area contributed by atoms with Crippen molar-refractivity contribution in [3.63, 3.8) is 0 Å². The molecule has 1 saturated heterocycles. The molecular weight excluding hydrogens is 306 g/mol. The fourth-order valence-corrected chi connectivity index (χ4v) is 2.77. The van der Waals surface area contributed by atoms with Gasteiger partial charge in [-0.2, -0.15) is 0 Å². The Morgan fingerprint density at radius 1 is 1.36 bits per heavy atom. The van der Waals surface area contributed by atoms with Gasteiger partial charge in [0.2, 0.25) is 11.8 Å². The molecule has 3 rings (SSSR count). The molecule has 0 aromatic carbocycles. The van der Waals surface area contributed by atoms with Gasteiger partial charge in [0.25, 0.3) is 5.91 Å². The summed E-state index contributed by atoms with van der Waals surface area (Å²) >= 11 is 5.84. The quantitative estimate of drug-likeness (QED) is 0.933. The molecule has 1 aliphatic rings. The summed E-state index contributed by atoms with van der Waals surface area (Å²) in [4.78, 5) is 19.3. The van der Waals surface area contributed by atoms with E-state index in [9.17, 15) is 4.79 Å². The summed E-state index contributed by atoms with van der Waals surface area (Å²) in [6, 6.07) is 1.71. The molecule has 8 heteroatoms. The maximum atomic E-state index is 12.3. The van der Waals surface area contributed by atoms with Gasteiger partial charge in [-0.15, -0.1) is 10.2 Å². The molecule has 2 aromatic rings. The van der Waals surface area contributed by atoms with Crippen molar-refractivity contribution in [3.05, 3.63) is 34.8 Å². The lowest BCUT2D eigenvalue weighted by molar-refractivity contribution is 0.0553. The summed E-state index contributed by atoms with van der Waals surface area (Å²) in [5.41, 5.74) is 0.527. The number of piperazine rings is 1. The predicted molar refractivity (Wildman–Crippen MR) is 80.7 cm³/mol. The number of aromatic amines is 1. The highest BCUT2D eigenvalue weighted by Gasteiger charge is 2.28. The molecule has 118 valence electrons. The maximum absolute atomic E-state index is 12.3. The van der Waals surface area contributed by atoms with E-state index >= 15 is 0 Å². The molecule has 2 aromatic heterocycles. The van der Waals surface area contributed by atoms with Crippen LogP contribution in [0.25, 0.3) is 0 Å². The first kappa shape index (κ1) is 15.1. The molecule has 1 N–H and O–H groups in total. The van der Waals surface area contributed by atoms with Crippen LogP contribution in [-0.2, 0) is 0 Å². The number of halogens is 1. The van der Waals surface area contributed by atoms with Crippen molar-refractivity contribution in [2.24, 2.45) is 0 Å². The van der Waals surface area contributed by atoms with E-state index in [0.717, 1.165) is 13.1 Å². The Morgan fingerprint density at radius 2 is 2.09 bits per heavy atom. The Balaban J connectivity index is 1.59. The van der Waals surface area contributed by atoms with Crippen LogP contribution < -0.4 is 0 Å². The minimum atomic E-state index is -0.0205. The van der Waals surface area contributed by atoms with Gasteiger partial charge in [0, 0.05) is 39.3 Å². The lowest BCUT2D eigenvalue weighted by Gasteiger charge is -2.36. The molecule has 1 unspecified atom stereocenters. The van der Waals surface area contributed by atoms with Crippen molar-refractivity contribution < 1.29 is 9.21 Å². The highest BCUT2D eigenvalue weighted by molar-refractivity contribution is 6.30. The lowest BCUT2D eigenvalue weighted by Crippen LogP contribution is -2.49. The summed E-state index contributed by atoms with van der Waals surface area (Å²) in [7, 11) is 0. The van der Waals surface area contributed by atoms with E-state index in [1.165, 1.54) is 0 Å². The number of nitrogens with zero attached hydrogens (tertiary/aromatic N) is 4. The van der Waals surface area contributed by atoms with Crippen LogP contribution in [0.2, 0.25) is 5.02 Å². The van der Waals surface area contributed by atoms with Crippen molar-refractivity contribution in [2.75, 3.05) is 26.2 Å². The largest absolute Gasteiger partial charge is 0.424 e. The van der Waals surface area contributed by atoms with Crippen LogP contribution in [0.3, 0.4) is 0 Å². The summed E-state index contributed by atoms with van der Waals surface area (Å²) in [6.07, 6.45) is 1.62. The van der Waals surface area contributed by atoms with Crippen LogP contribution in [-0.4, -0.2) is 57.1 Å². The van der Waals surface area contributed by atoms with E-state index in [0.29, 0.717) is 35.6 Å². The number of H-pyrrole nitrogens is 1. The second kappa shape index (κ2) is 6.10. The van der Waals surface area contributed by atoms with Gasteiger partial charge in [0.05, 0.1) is 11.1 Å². The number of amides is 1. The van der Waals surface area contributed by atoms with Crippen LogP contribution in [0.15, 0.2) is 16.7 Å². The number of hydrogen-bond donors (Lipinski definition) is 1. The predicted octanol–water partition coefficient (Wildman–Crippen LogP) is 1.88. The molecule has 1 aliphatic heterocycles. The second-order valence-corrected chi connectivity index (χ2v) is 5.83. The van der Waals surface area contributed by atoms with Gasteiger partial charge in [0.1, 0.15) is 5.69 Å². The van der Waals surface area contributed by atoms with Crippen molar-refractivity contribution >= 4 is 17.5 Å². The van der Waals surface area contributed by atoms with Crippen molar-refractivity contribution in [1.82, 2.24) is 25.0 Å². The monoisotopic (exact) mass is 323 g/mol. The SMILES string of the molecule is Cc1nnc(C(C)N2CCN(C(=O)c3cc(Cl)c[nH]3)CC2)o1. The van der Waals surface area contributed by atoms with E-state index in [2.05, 4.69) is 20.1 Å².